The molecule has 0 saturated carbocycles. The summed E-state index contributed by atoms with van der Waals surface area (Å²) < 4.78 is 58.6. The number of nitrogens with zero attached hydrogens (tertiary/aromatic N) is 1. The number of ether oxygens (including phenoxy) is 1. The minimum atomic E-state index is -4.28. The number of nitrogens with one attached hydrogen (secondary N) is 1. The van der Waals surface area contributed by atoms with E-state index in [1.54, 1.807) is 12.1 Å². The van der Waals surface area contributed by atoms with E-state index in [1.165, 1.54) is 0 Å². The number of oxazole rings is 1. The van der Waals surface area contributed by atoms with Gasteiger partial charge in [0.15, 0.2) is 5.58 Å². The highest BCUT2D eigenvalue weighted by Gasteiger charge is 2.41. The normalized spacial score (nSPS) is 12.1. The van der Waals surface area contributed by atoms with Gasteiger partial charge in [-0.1, -0.05) is 12.1 Å². The van der Waals surface area contributed by atoms with Crippen molar-refractivity contribution in [2.24, 2.45) is 0 Å². The van der Waals surface area contributed by atoms with Crippen LogP contribution in [0, 0.1) is 6.92 Å². The van der Waals surface area contributed by atoms with Crippen molar-refractivity contribution >= 4 is 17.0 Å². The summed E-state index contributed by atoms with van der Waals surface area (Å²) in [4.78, 5) is 15.6. The molecule has 0 spiro atoms. The quantitative estimate of drug-likeness (QED) is 0.791. The van der Waals surface area contributed by atoms with Gasteiger partial charge in [-0.25, -0.2) is 13.8 Å². The molecule has 2 aromatic rings. The molecule has 0 radical (unpaired) electrons. The number of benzene rings is 1. The van der Waals surface area contributed by atoms with Crippen LogP contribution in [0.1, 0.15) is 11.5 Å². The molecule has 0 aliphatic carbocycles. The van der Waals surface area contributed by atoms with Gasteiger partial charge in [0.1, 0.15) is 18.7 Å². The lowest BCUT2D eigenvalue weighted by molar-refractivity contribution is -0.168. The highest BCUT2D eigenvalue weighted by atomic mass is 19.3. The van der Waals surface area contributed by atoms with Crippen LogP contribution in [0.2, 0.25) is 0 Å². The molecule has 126 valence electrons. The zero-order chi connectivity index (χ0) is 17.0. The summed E-state index contributed by atoms with van der Waals surface area (Å²) in [6, 6.07) is 5.36. The van der Waals surface area contributed by atoms with Gasteiger partial charge in [0.25, 0.3) is 0 Å². The van der Waals surface area contributed by atoms with Gasteiger partial charge in [-0.15, -0.1) is 0 Å². The number of aryl methyl sites for hydroxylation is 1. The Morgan fingerprint density at radius 3 is 2.83 bits per heavy atom. The molecule has 1 aromatic heterocycles. The highest BCUT2D eigenvalue weighted by Crippen LogP contribution is 2.22. The van der Waals surface area contributed by atoms with Crippen molar-refractivity contribution in [3.8, 4) is 0 Å². The van der Waals surface area contributed by atoms with Crippen LogP contribution in [0.25, 0.3) is 11.1 Å². The highest BCUT2D eigenvalue weighted by molar-refractivity contribution is 5.78. The maximum absolute atomic E-state index is 12.6. The van der Waals surface area contributed by atoms with Gasteiger partial charge >= 0.3 is 12.3 Å². The topological polar surface area (TPSA) is 64.4 Å². The Balaban J connectivity index is 1.81. The third-order valence-electron chi connectivity index (χ3n) is 2.95. The molecule has 0 aliphatic rings. The van der Waals surface area contributed by atoms with Crippen molar-refractivity contribution in [3.05, 3.63) is 29.7 Å². The maximum Gasteiger partial charge on any atom is 0.330 e. The molecule has 0 aliphatic heterocycles. The Hall–Kier alpha value is -2.16. The van der Waals surface area contributed by atoms with E-state index in [4.69, 9.17) is 4.42 Å². The van der Waals surface area contributed by atoms with Crippen molar-refractivity contribution in [2.75, 3.05) is 13.2 Å². The first-order valence-electron chi connectivity index (χ1n) is 6.65. The van der Waals surface area contributed by atoms with Crippen LogP contribution < -0.4 is 5.32 Å². The summed E-state index contributed by atoms with van der Waals surface area (Å²) in [6.07, 6.45) is -3.84. The monoisotopic (exact) mass is 334 g/mol. The van der Waals surface area contributed by atoms with Crippen molar-refractivity contribution in [1.82, 2.24) is 10.3 Å². The van der Waals surface area contributed by atoms with E-state index in [-0.39, 0.29) is 12.4 Å². The Morgan fingerprint density at radius 1 is 1.43 bits per heavy atom. The standard InChI is InChI=1S/C14H14F4N2O3/c1-8-3-2-4-9-12(8)20-11(23-9)5-19-10(21)6-22-7-14(17,18)13(15)16/h2-4,13H,5-7H2,1H3,(H,19,21). The van der Waals surface area contributed by atoms with Crippen molar-refractivity contribution < 1.29 is 31.5 Å². The summed E-state index contributed by atoms with van der Waals surface area (Å²) in [5.41, 5.74) is 2.12. The van der Waals surface area contributed by atoms with E-state index in [0.29, 0.717) is 11.1 Å². The Bertz CT molecular complexity index is 688. The molecule has 1 aromatic carbocycles. The summed E-state index contributed by atoms with van der Waals surface area (Å²) >= 11 is 0. The van der Waals surface area contributed by atoms with Gasteiger partial charge in [-0.05, 0) is 18.6 Å². The zero-order valence-corrected chi connectivity index (χ0v) is 12.1. The smallest absolute Gasteiger partial charge is 0.330 e. The predicted octanol–water partition coefficient (Wildman–Crippen LogP) is 2.67. The number of fused-ring (bicyclic) bond motifs is 1. The molecule has 5 nitrogen and oxygen atoms in total. The summed E-state index contributed by atoms with van der Waals surface area (Å²) in [6.45, 7) is -0.506. The van der Waals surface area contributed by atoms with Crippen molar-refractivity contribution in [2.45, 2.75) is 25.8 Å². The molecule has 9 heteroatoms. The molecular weight excluding hydrogens is 320 g/mol. The second-order valence-corrected chi connectivity index (χ2v) is 4.86. The maximum atomic E-state index is 12.6. The lowest BCUT2D eigenvalue weighted by Gasteiger charge is -2.14. The van der Waals surface area contributed by atoms with Gasteiger partial charge in [-0.2, -0.15) is 8.78 Å². The summed E-state index contributed by atoms with van der Waals surface area (Å²) in [5.74, 6) is -4.78. The first kappa shape index (κ1) is 17.2. The first-order valence-corrected chi connectivity index (χ1v) is 6.65. The average Bonchev–Trinajstić information content (AvgIpc) is 2.89. The number of halogens is 4. The molecule has 1 amide bonds. The number of carbonyl (C=O) groups is 1. The predicted molar refractivity (Wildman–Crippen MR) is 72.4 cm³/mol. The SMILES string of the molecule is Cc1cccc2oc(CNC(=O)COCC(F)(F)C(F)F)nc12. The third kappa shape index (κ3) is 4.41. The molecule has 0 unspecified atom stereocenters. The number of rotatable bonds is 7. The summed E-state index contributed by atoms with van der Waals surface area (Å²) in [5, 5.41) is 2.34. The Kier molecular flexibility index (Phi) is 5.19. The number of para-hydroxylation sites is 1. The van der Waals surface area contributed by atoms with E-state index < -0.39 is 31.5 Å². The second-order valence-electron chi connectivity index (χ2n) is 4.86. The Labute approximate surface area is 128 Å². The molecule has 0 saturated heterocycles. The van der Waals surface area contributed by atoms with E-state index in [9.17, 15) is 22.4 Å². The van der Waals surface area contributed by atoms with Crippen LogP contribution in [0.5, 0.6) is 0 Å². The fourth-order valence-corrected chi connectivity index (χ4v) is 1.78. The molecule has 0 fully saturated rings. The van der Waals surface area contributed by atoms with Crippen LogP contribution in [-0.4, -0.2) is 36.5 Å². The fraction of sp³-hybridized carbons (Fsp3) is 0.429. The number of alkyl halides is 4. The fourth-order valence-electron chi connectivity index (χ4n) is 1.78. The van der Waals surface area contributed by atoms with E-state index in [2.05, 4.69) is 15.0 Å². The average molecular weight is 334 g/mol. The van der Waals surface area contributed by atoms with E-state index >= 15 is 0 Å². The van der Waals surface area contributed by atoms with Gasteiger partial charge < -0.3 is 14.5 Å². The zero-order valence-electron chi connectivity index (χ0n) is 12.1. The first-order chi connectivity index (χ1) is 10.8. The molecule has 2 rings (SSSR count). The molecule has 23 heavy (non-hydrogen) atoms. The van der Waals surface area contributed by atoms with Gasteiger partial charge in [0.2, 0.25) is 11.8 Å². The molecule has 1 heterocycles. The van der Waals surface area contributed by atoms with Crippen LogP contribution in [0.4, 0.5) is 17.6 Å². The van der Waals surface area contributed by atoms with Crippen LogP contribution in [0.15, 0.2) is 22.6 Å². The lowest BCUT2D eigenvalue weighted by atomic mass is 10.2. The van der Waals surface area contributed by atoms with Crippen LogP contribution in [-0.2, 0) is 16.1 Å². The van der Waals surface area contributed by atoms with Crippen molar-refractivity contribution in [3.63, 3.8) is 0 Å². The third-order valence-corrected chi connectivity index (χ3v) is 2.95. The molecule has 0 atom stereocenters. The minimum Gasteiger partial charge on any atom is -0.439 e. The van der Waals surface area contributed by atoms with Crippen molar-refractivity contribution in [1.29, 1.82) is 0 Å². The number of carbonyl (C=O) groups excluding carboxylic acids is 1. The molecule has 0 bridgehead atoms. The van der Waals surface area contributed by atoms with Gasteiger partial charge in [-0.3, -0.25) is 4.79 Å². The van der Waals surface area contributed by atoms with E-state index in [0.717, 1.165) is 5.56 Å². The Morgan fingerprint density at radius 2 is 2.17 bits per heavy atom. The molecule has 1 N–H and O–H groups in total. The number of amides is 1. The van der Waals surface area contributed by atoms with Gasteiger partial charge in [0, 0.05) is 0 Å². The minimum absolute atomic E-state index is 0.0679. The second kappa shape index (κ2) is 6.95. The largest absolute Gasteiger partial charge is 0.439 e. The number of hydrogen-bond donors (Lipinski definition) is 1. The lowest BCUT2D eigenvalue weighted by Crippen LogP contribution is -2.35. The van der Waals surface area contributed by atoms with Gasteiger partial charge in [0.05, 0.1) is 6.54 Å². The van der Waals surface area contributed by atoms with Crippen LogP contribution >= 0.6 is 0 Å². The van der Waals surface area contributed by atoms with Crippen LogP contribution in [0.3, 0.4) is 0 Å². The van der Waals surface area contributed by atoms with E-state index in [1.807, 2.05) is 13.0 Å². The number of aromatic nitrogens is 1. The molecular formula is C14H14F4N2O3. The summed E-state index contributed by atoms with van der Waals surface area (Å²) in [7, 11) is 0. The number of hydrogen-bond acceptors (Lipinski definition) is 4.